The van der Waals surface area contributed by atoms with Gasteiger partial charge < -0.3 is 10.4 Å². The SMILES string of the molecule is CCC(C)(CO)NC(=O)C=Cc1ccc(Br)cc1. The first-order valence-electron chi connectivity index (χ1n) is 5.86. The van der Waals surface area contributed by atoms with Gasteiger partial charge in [0.05, 0.1) is 12.1 Å². The summed E-state index contributed by atoms with van der Waals surface area (Å²) in [5, 5.41) is 12.0. The lowest BCUT2D eigenvalue weighted by atomic mass is 10.0. The van der Waals surface area contributed by atoms with Crippen LogP contribution in [-0.2, 0) is 4.79 Å². The number of benzene rings is 1. The maximum absolute atomic E-state index is 11.7. The minimum atomic E-state index is -0.554. The quantitative estimate of drug-likeness (QED) is 0.821. The zero-order chi connectivity index (χ0) is 13.6. The van der Waals surface area contributed by atoms with Gasteiger partial charge in [0.15, 0.2) is 0 Å². The van der Waals surface area contributed by atoms with E-state index in [1.165, 1.54) is 6.08 Å². The van der Waals surface area contributed by atoms with Gasteiger partial charge in [-0.25, -0.2) is 0 Å². The third kappa shape index (κ3) is 4.63. The molecule has 1 unspecified atom stereocenters. The molecule has 2 N–H and O–H groups in total. The Bertz CT molecular complexity index is 422. The maximum atomic E-state index is 11.7. The minimum absolute atomic E-state index is 0.0681. The Labute approximate surface area is 116 Å². The smallest absolute Gasteiger partial charge is 0.244 e. The fourth-order valence-electron chi connectivity index (χ4n) is 1.32. The van der Waals surface area contributed by atoms with E-state index in [1.807, 2.05) is 38.1 Å². The van der Waals surface area contributed by atoms with Gasteiger partial charge in [-0.05, 0) is 37.1 Å². The van der Waals surface area contributed by atoms with Gasteiger partial charge in [0.2, 0.25) is 5.91 Å². The summed E-state index contributed by atoms with van der Waals surface area (Å²) >= 11 is 3.35. The van der Waals surface area contributed by atoms with Crippen molar-refractivity contribution in [2.45, 2.75) is 25.8 Å². The third-order valence-corrected chi connectivity index (χ3v) is 3.38. The van der Waals surface area contributed by atoms with E-state index < -0.39 is 5.54 Å². The van der Waals surface area contributed by atoms with E-state index in [0.29, 0.717) is 6.42 Å². The summed E-state index contributed by atoms with van der Waals surface area (Å²) in [5.41, 5.74) is 0.400. The van der Waals surface area contributed by atoms with Crippen molar-refractivity contribution in [1.82, 2.24) is 5.32 Å². The van der Waals surface area contributed by atoms with Gasteiger partial charge in [-0.15, -0.1) is 0 Å². The molecule has 1 amide bonds. The van der Waals surface area contributed by atoms with Crippen LogP contribution in [0.5, 0.6) is 0 Å². The number of halogens is 1. The fraction of sp³-hybridized carbons (Fsp3) is 0.357. The third-order valence-electron chi connectivity index (χ3n) is 2.85. The van der Waals surface area contributed by atoms with Gasteiger partial charge in [0.25, 0.3) is 0 Å². The van der Waals surface area contributed by atoms with Crippen molar-refractivity contribution in [1.29, 1.82) is 0 Å². The second kappa shape index (κ2) is 6.71. The number of carbonyl (C=O) groups is 1. The molecule has 1 rings (SSSR count). The minimum Gasteiger partial charge on any atom is -0.394 e. The van der Waals surface area contributed by atoms with E-state index in [1.54, 1.807) is 6.08 Å². The van der Waals surface area contributed by atoms with Crippen LogP contribution in [0.15, 0.2) is 34.8 Å². The first kappa shape index (κ1) is 14.9. The van der Waals surface area contributed by atoms with Gasteiger partial charge in [0, 0.05) is 10.5 Å². The number of aliphatic hydroxyl groups is 1. The predicted octanol–water partition coefficient (Wildman–Crippen LogP) is 2.74. The van der Waals surface area contributed by atoms with Crippen LogP contribution in [0.4, 0.5) is 0 Å². The Balaban J connectivity index is 2.62. The van der Waals surface area contributed by atoms with Crippen molar-refractivity contribution >= 4 is 27.9 Å². The van der Waals surface area contributed by atoms with Crippen molar-refractivity contribution in [3.8, 4) is 0 Å². The summed E-state index contributed by atoms with van der Waals surface area (Å²) < 4.78 is 1.00. The molecular weight excluding hydrogens is 294 g/mol. The number of hydrogen-bond acceptors (Lipinski definition) is 2. The van der Waals surface area contributed by atoms with Crippen molar-refractivity contribution in [3.63, 3.8) is 0 Å². The van der Waals surface area contributed by atoms with Crippen LogP contribution < -0.4 is 5.32 Å². The molecule has 1 atom stereocenters. The molecule has 0 aliphatic heterocycles. The Morgan fingerprint density at radius 1 is 1.44 bits per heavy atom. The molecule has 18 heavy (non-hydrogen) atoms. The molecule has 0 aliphatic rings. The Morgan fingerprint density at radius 2 is 2.06 bits per heavy atom. The van der Waals surface area contributed by atoms with Crippen molar-refractivity contribution in [2.24, 2.45) is 0 Å². The first-order valence-corrected chi connectivity index (χ1v) is 6.65. The van der Waals surface area contributed by atoms with Crippen LogP contribution in [0.1, 0.15) is 25.8 Å². The molecule has 0 radical (unpaired) electrons. The molecule has 0 saturated heterocycles. The van der Waals surface area contributed by atoms with E-state index in [4.69, 9.17) is 0 Å². The molecule has 0 heterocycles. The molecule has 0 aliphatic carbocycles. The number of carbonyl (C=O) groups excluding carboxylic acids is 1. The van der Waals surface area contributed by atoms with Gasteiger partial charge in [0.1, 0.15) is 0 Å². The lowest BCUT2D eigenvalue weighted by Crippen LogP contribution is -2.47. The lowest BCUT2D eigenvalue weighted by molar-refractivity contribution is -0.118. The van der Waals surface area contributed by atoms with Gasteiger partial charge in [-0.2, -0.15) is 0 Å². The molecule has 0 bridgehead atoms. The van der Waals surface area contributed by atoms with Crippen LogP contribution in [0, 0.1) is 0 Å². The van der Waals surface area contributed by atoms with Crippen LogP contribution in [0.2, 0.25) is 0 Å². The van der Waals surface area contributed by atoms with Gasteiger partial charge in [-0.1, -0.05) is 35.0 Å². The highest BCUT2D eigenvalue weighted by molar-refractivity contribution is 9.10. The number of amides is 1. The average molecular weight is 312 g/mol. The monoisotopic (exact) mass is 311 g/mol. The van der Waals surface area contributed by atoms with E-state index in [9.17, 15) is 9.90 Å². The predicted molar refractivity (Wildman–Crippen MR) is 77.1 cm³/mol. The first-order chi connectivity index (χ1) is 8.49. The molecule has 1 aromatic rings. The zero-order valence-electron chi connectivity index (χ0n) is 10.6. The molecule has 0 saturated carbocycles. The van der Waals surface area contributed by atoms with Crippen molar-refractivity contribution in [2.75, 3.05) is 6.61 Å². The summed E-state index contributed by atoms with van der Waals surface area (Å²) in [6.45, 7) is 3.68. The van der Waals surface area contributed by atoms with Crippen LogP contribution in [-0.4, -0.2) is 23.2 Å². The highest BCUT2D eigenvalue weighted by Gasteiger charge is 2.21. The molecule has 0 fully saturated rings. The molecule has 98 valence electrons. The Kier molecular flexibility index (Phi) is 5.56. The summed E-state index contributed by atoms with van der Waals surface area (Å²) in [6, 6.07) is 7.67. The highest BCUT2D eigenvalue weighted by Crippen LogP contribution is 2.12. The standard InChI is InChI=1S/C14H18BrNO2/c1-3-14(2,10-17)16-13(18)9-6-11-4-7-12(15)8-5-11/h4-9,17H,3,10H2,1-2H3,(H,16,18). The number of rotatable bonds is 5. The van der Waals surface area contributed by atoms with Crippen LogP contribution in [0.25, 0.3) is 6.08 Å². The summed E-state index contributed by atoms with van der Waals surface area (Å²) in [5.74, 6) is -0.198. The van der Waals surface area contributed by atoms with E-state index in [0.717, 1.165) is 10.0 Å². The molecule has 0 spiro atoms. The van der Waals surface area contributed by atoms with Crippen molar-refractivity contribution < 1.29 is 9.90 Å². The Hall–Kier alpha value is -1.13. The molecule has 1 aromatic carbocycles. The summed E-state index contributed by atoms with van der Waals surface area (Å²) in [6.07, 6.45) is 3.91. The Morgan fingerprint density at radius 3 is 2.56 bits per heavy atom. The van der Waals surface area contributed by atoms with Gasteiger partial charge >= 0.3 is 0 Å². The van der Waals surface area contributed by atoms with Crippen LogP contribution >= 0.6 is 15.9 Å². The largest absolute Gasteiger partial charge is 0.394 e. The summed E-state index contributed by atoms with van der Waals surface area (Å²) in [7, 11) is 0. The topological polar surface area (TPSA) is 49.3 Å². The molecular formula is C14H18BrNO2. The fourth-order valence-corrected chi connectivity index (χ4v) is 1.59. The van der Waals surface area contributed by atoms with E-state index in [2.05, 4.69) is 21.2 Å². The second-order valence-electron chi connectivity index (χ2n) is 4.45. The van der Waals surface area contributed by atoms with Crippen LogP contribution in [0.3, 0.4) is 0 Å². The second-order valence-corrected chi connectivity index (χ2v) is 5.36. The number of hydrogen-bond donors (Lipinski definition) is 2. The van der Waals surface area contributed by atoms with Crippen molar-refractivity contribution in [3.05, 3.63) is 40.4 Å². The number of aliphatic hydroxyl groups excluding tert-OH is 1. The highest BCUT2D eigenvalue weighted by atomic mass is 79.9. The van der Waals surface area contributed by atoms with E-state index >= 15 is 0 Å². The van der Waals surface area contributed by atoms with Gasteiger partial charge in [-0.3, -0.25) is 4.79 Å². The summed E-state index contributed by atoms with van der Waals surface area (Å²) in [4.78, 5) is 11.7. The maximum Gasteiger partial charge on any atom is 0.244 e. The normalized spacial score (nSPS) is 14.4. The molecule has 0 aromatic heterocycles. The molecule has 4 heteroatoms. The molecule has 3 nitrogen and oxygen atoms in total. The zero-order valence-corrected chi connectivity index (χ0v) is 12.2. The average Bonchev–Trinajstić information content (AvgIpc) is 2.38. The number of nitrogens with one attached hydrogen (secondary N) is 1. The lowest BCUT2D eigenvalue weighted by Gasteiger charge is -2.26. The van der Waals surface area contributed by atoms with E-state index in [-0.39, 0.29) is 12.5 Å².